The Morgan fingerprint density at radius 2 is 1.88 bits per heavy atom. The predicted octanol–water partition coefficient (Wildman–Crippen LogP) is 3.28. The molecule has 8 nitrogen and oxygen atoms in total. The van der Waals surface area contributed by atoms with Crippen LogP contribution < -0.4 is 16.0 Å². The fraction of sp³-hybridized carbons (Fsp3) is 0.600. The summed E-state index contributed by atoms with van der Waals surface area (Å²) >= 11 is 1.34. The van der Waals surface area contributed by atoms with Crippen molar-refractivity contribution in [3.8, 4) is 11.3 Å². The number of likely N-dealkylation sites (N-methyl/N-ethyl adjacent to an activating group) is 1. The molecule has 34 heavy (non-hydrogen) atoms. The number of rotatable bonds is 9. The summed E-state index contributed by atoms with van der Waals surface area (Å²) in [7, 11) is 1.77. The molecule has 1 saturated heterocycles. The number of likely N-dealkylation sites (tertiary alicyclic amines) is 1. The van der Waals surface area contributed by atoms with Gasteiger partial charge in [-0.15, -0.1) is 5.10 Å². The van der Waals surface area contributed by atoms with E-state index < -0.39 is 6.04 Å². The average molecular weight is 485 g/mol. The van der Waals surface area contributed by atoms with E-state index in [-0.39, 0.29) is 29.8 Å². The number of benzene rings is 1. The van der Waals surface area contributed by atoms with E-state index >= 15 is 0 Å². The van der Waals surface area contributed by atoms with E-state index in [0.717, 1.165) is 61.3 Å². The molecule has 3 atom stereocenters. The molecule has 2 fully saturated rings. The van der Waals surface area contributed by atoms with Gasteiger partial charge in [0.25, 0.3) is 0 Å². The molecule has 2 aliphatic rings. The van der Waals surface area contributed by atoms with Crippen LogP contribution in [-0.2, 0) is 9.59 Å². The summed E-state index contributed by atoms with van der Waals surface area (Å²) in [6, 6.07) is 9.32. The minimum Gasteiger partial charge on any atom is -0.372 e. The van der Waals surface area contributed by atoms with Gasteiger partial charge in [0.1, 0.15) is 16.7 Å². The van der Waals surface area contributed by atoms with Crippen LogP contribution in [0.4, 0.5) is 5.00 Å². The Kier molecular flexibility index (Phi) is 8.50. The zero-order chi connectivity index (χ0) is 23.9. The minimum absolute atomic E-state index is 0.0681. The maximum atomic E-state index is 13.8. The first-order chi connectivity index (χ1) is 16.6. The van der Waals surface area contributed by atoms with Gasteiger partial charge < -0.3 is 20.9 Å². The molecule has 0 spiro atoms. The molecule has 1 aliphatic carbocycles. The number of carbonyl (C=O) groups excluding carboxylic acids is 2. The van der Waals surface area contributed by atoms with Crippen LogP contribution in [0.15, 0.2) is 30.3 Å². The zero-order valence-electron chi connectivity index (χ0n) is 20.1. The van der Waals surface area contributed by atoms with Crippen LogP contribution in [0.25, 0.3) is 11.3 Å². The lowest BCUT2D eigenvalue weighted by Crippen LogP contribution is -2.57. The van der Waals surface area contributed by atoms with Gasteiger partial charge in [0.15, 0.2) is 0 Å². The minimum atomic E-state index is -0.450. The SMILES string of the molecule is CN[C@@H](C)C(=O)N[C@H](C(=O)N1CCC[C@H]1CNc1snnc1-c1ccccc1)C1CCCCC1. The van der Waals surface area contributed by atoms with Gasteiger partial charge >= 0.3 is 0 Å². The van der Waals surface area contributed by atoms with Crippen LogP contribution in [0.5, 0.6) is 0 Å². The number of carbonyl (C=O) groups is 2. The number of nitrogens with one attached hydrogen (secondary N) is 3. The average Bonchev–Trinajstić information content (AvgIpc) is 3.55. The van der Waals surface area contributed by atoms with E-state index in [9.17, 15) is 9.59 Å². The molecule has 2 aromatic rings. The van der Waals surface area contributed by atoms with Crippen molar-refractivity contribution in [2.24, 2.45) is 5.92 Å². The van der Waals surface area contributed by atoms with Crippen molar-refractivity contribution in [1.82, 2.24) is 25.1 Å². The number of nitrogens with zero attached hydrogens (tertiary/aromatic N) is 3. The molecule has 2 amide bonds. The number of hydrogen-bond donors (Lipinski definition) is 3. The smallest absolute Gasteiger partial charge is 0.245 e. The van der Waals surface area contributed by atoms with Gasteiger partial charge in [-0.05, 0) is 45.6 Å². The van der Waals surface area contributed by atoms with Gasteiger partial charge in [0.2, 0.25) is 11.8 Å². The Morgan fingerprint density at radius 3 is 2.62 bits per heavy atom. The Bertz CT molecular complexity index is 946. The fourth-order valence-electron chi connectivity index (χ4n) is 5.08. The lowest BCUT2D eigenvalue weighted by Gasteiger charge is -2.35. The highest BCUT2D eigenvalue weighted by Gasteiger charge is 2.38. The third-order valence-electron chi connectivity index (χ3n) is 7.21. The summed E-state index contributed by atoms with van der Waals surface area (Å²) in [5.74, 6) is 0.168. The van der Waals surface area contributed by atoms with Crippen molar-refractivity contribution >= 4 is 28.3 Å². The highest BCUT2D eigenvalue weighted by molar-refractivity contribution is 7.10. The molecule has 0 radical (unpaired) electrons. The Labute approximate surface area is 206 Å². The van der Waals surface area contributed by atoms with Crippen molar-refractivity contribution in [2.75, 3.05) is 25.5 Å². The van der Waals surface area contributed by atoms with E-state index in [4.69, 9.17) is 0 Å². The van der Waals surface area contributed by atoms with Crippen molar-refractivity contribution in [3.63, 3.8) is 0 Å². The molecule has 1 saturated carbocycles. The van der Waals surface area contributed by atoms with E-state index in [1.807, 2.05) is 42.2 Å². The summed E-state index contributed by atoms with van der Waals surface area (Å²) in [4.78, 5) is 28.5. The third-order valence-corrected chi connectivity index (χ3v) is 7.89. The number of amides is 2. The van der Waals surface area contributed by atoms with Crippen LogP contribution >= 0.6 is 11.5 Å². The number of hydrogen-bond acceptors (Lipinski definition) is 7. The topological polar surface area (TPSA) is 99.2 Å². The summed E-state index contributed by atoms with van der Waals surface area (Å²) < 4.78 is 4.14. The normalized spacial score (nSPS) is 20.6. The second-order valence-electron chi connectivity index (χ2n) is 9.42. The number of anilines is 1. The van der Waals surface area contributed by atoms with E-state index in [2.05, 4.69) is 25.5 Å². The molecule has 0 unspecified atom stereocenters. The first kappa shape index (κ1) is 24.6. The molecule has 4 rings (SSSR count). The molecule has 184 valence electrons. The van der Waals surface area contributed by atoms with E-state index in [1.165, 1.54) is 18.0 Å². The molecular formula is C25H36N6O2S. The van der Waals surface area contributed by atoms with Crippen molar-refractivity contribution in [2.45, 2.75) is 70.0 Å². The van der Waals surface area contributed by atoms with Crippen molar-refractivity contribution < 1.29 is 9.59 Å². The van der Waals surface area contributed by atoms with Crippen LogP contribution in [0.1, 0.15) is 51.9 Å². The summed E-state index contributed by atoms with van der Waals surface area (Å²) in [6.45, 7) is 3.21. The summed E-state index contributed by atoms with van der Waals surface area (Å²) in [5, 5.41) is 14.8. The molecule has 1 aliphatic heterocycles. The maximum Gasteiger partial charge on any atom is 0.245 e. The standard InChI is InChI=1S/C25H36N6O2S/c1-17(26-2)23(32)28-22(19-12-7-4-8-13-19)25(33)31-15-9-14-20(31)16-27-24-21(29-30-34-24)18-10-5-3-6-11-18/h3,5-6,10-11,17,19-20,22,26-27H,4,7-9,12-16H2,1-2H3,(H,28,32)/t17-,20-,22-/m0/s1. The fourth-order valence-corrected chi connectivity index (χ4v) is 5.67. The molecule has 9 heteroatoms. The van der Waals surface area contributed by atoms with Gasteiger partial charge in [-0.3, -0.25) is 9.59 Å². The third kappa shape index (κ3) is 5.75. The largest absolute Gasteiger partial charge is 0.372 e. The first-order valence-corrected chi connectivity index (χ1v) is 13.3. The van der Waals surface area contributed by atoms with Gasteiger partial charge in [-0.25, -0.2) is 0 Å². The summed E-state index contributed by atoms with van der Waals surface area (Å²) in [6.07, 6.45) is 7.37. The Hall–Kier alpha value is -2.52. The van der Waals surface area contributed by atoms with E-state index in [1.54, 1.807) is 7.05 Å². The predicted molar refractivity (Wildman–Crippen MR) is 136 cm³/mol. The van der Waals surface area contributed by atoms with Gasteiger partial charge in [0, 0.05) is 36.2 Å². The quantitative estimate of drug-likeness (QED) is 0.505. The van der Waals surface area contributed by atoms with Gasteiger partial charge in [-0.1, -0.05) is 54.1 Å². The highest BCUT2D eigenvalue weighted by atomic mass is 32.1. The van der Waals surface area contributed by atoms with Crippen LogP contribution in [-0.4, -0.2) is 64.6 Å². The Morgan fingerprint density at radius 1 is 1.12 bits per heavy atom. The van der Waals surface area contributed by atoms with Crippen molar-refractivity contribution in [3.05, 3.63) is 30.3 Å². The molecule has 2 heterocycles. The second kappa shape index (κ2) is 11.8. The van der Waals surface area contributed by atoms with Gasteiger partial charge in [-0.2, -0.15) is 0 Å². The zero-order valence-corrected chi connectivity index (χ0v) is 20.9. The second-order valence-corrected chi connectivity index (χ2v) is 10.2. The molecule has 3 N–H and O–H groups in total. The van der Waals surface area contributed by atoms with Gasteiger partial charge in [0.05, 0.1) is 6.04 Å². The Balaban J connectivity index is 1.45. The van der Waals surface area contributed by atoms with Crippen LogP contribution in [0, 0.1) is 5.92 Å². The molecular weight excluding hydrogens is 448 g/mol. The lowest BCUT2D eigenvalue weighted by atomic mass is 9.83. The first-order valence-electron chi connectivity index (χ1n) is 12.5. The monoisotopic (exact) mass is 484 g/mol. The molecule has 1 aromatic carbocycles. The lowest BCUT2D eigenvalue weighted by molar-refractivity contribution is -0.139. The van der Waals surface area contributed by atoms with Crippen molar-refractivity contribution in [1.29, 1.82) is 0 Å². The van der Waals surface area contributed by atoms with Crippen LogP contribution in [0.2, 0.25) is 0 Å². The number of aromatic nitrogens is 2. The molecule has 0 bridgehead atoms. The maximum absolute atomic E-state index is 13.8. The highest BCUT2D eigenvalue weighted by Crippen LogP contribution is 2.31. The van der Waals surface area contributed by atoms with Crippen LogP contribution in [0.3, 0.4) is 0 Å². The molecule has 1 aromatic heterocycles. The van der Waals surface area contributed by atoms with E-state index in [0.29, 0.717) is 6.54 Å². The summed E-state index contributed by atoms with van der Waals surface area (Å²) in [5.41, 5.74) is 1.87.